The van der Waals surface area contributed by atoms with Gasteiger partial charge in [-0.1, -0.05) is 30.3 Å². The molecule has 1 atom stereocenters. The van der Waals surface area contributed by atoms with E-state index in [4.69, 9.17) is 0 Å². The number of hydrogen-bond acceptors (Lipinski definition) is 3. The van der Waals surface area contributed by atoms with Crippen molar-refractivity contribution in [1.29, 1.82) is 0 Å². The van der Waals surface area contributed by atoms with E-state index in [1.54, 1.807) is 12.3 Å². The van der Waals surface area contributed by atoms with Crippen LogP contribution in [0.25, 0.3) is 0 Å². The number of anilines is 1. The maximum Gasteiger partial charge on any atom is 0.253 e. The molecule has 0 spiro atoms. The first-order valence-electron chi connectivity index (χ1n) is 6.57. The van der Waals surface area contributed by atoms with Crippen LogP contribution >= 0.6 is 0 Å². The number of nitrogens with zero attached hydrogens (tertiary/aromatic N) is 2. The number of carbonyl (C=O) groups is 1. The van der Waals surface area contributed by atoms with Crippen LogP contribution in [-0.4, -0.2) is 25.0 Å². The fourth-order valence-corrected chi connectivity index (χ4v) is 1.89. The molecule has 1 heterocycles. The third kappa shape index (κ3) is 3.35. The zero-order valence-electron chi connectivity index (χ0n) is 12.0. The van der Waals surface area contributed by atoms with E-state index in [1.165, 1.54) is 0 Å². The van der Waals surface area contributed by atoms with Crippen molar-refractivity contribution in [3.8, 4) is 0 Å². The Kier molecular flexibility index (Phi) is 4.35. The van der Waals surface area contributed by atoms with Gasteiger partial charge in [0.1, 0.15) is 5.82 Å². The molecule has 0 unspecified atom stereocenters. The highest BCUT2D eigenvalue weighted by atomic mass is 16.1. The highest BCUT2D eigenvalue weighted by molar-refractivity contribution is 5.94. The molecule has 0 aliphatic rings. The minimum Gasteiger partial charge on any atom is -0.363 e. The van der Waals surface area contributed by atoms with Crippen molar-refractivity contribution in [2.24, 2.45) is 0 Å². The fraction of sp³-hybridized carbons (Fsp3) is 0.250. The molecule has 0 saturated carbocycles. The number of pyridine rings is 1. The van der Waals surface area contributed by atoms with Crippen molar-refractivity contribution in [2.75, 3.05) is 19.0 Å². The maximum atomic E-state index is 12.1. The van der Waals surface area contributed by atoms with Gasteiger partial charge in [0.2, 0.25) is 0 Å². The molecule has 0 aliphatic carbocycles. The third-order valence-corrected chi connectivity index (χ3v) is 3.12. The quantitative estimate of drug-likeness (QED) is 0.928. The third-order valence-electron chi connectivity index (χ3n) is 3.12. The molecule has 1 aromatic heterocycles. The van der Waals surface area contributed by atoms with Gasteiger partial charge < -0.3 is 10.2 Å². The summed E-state index contributed by atoms with van der Waals surface area (Å²) in [4.78, 5) is 18.3. The molecule has 1 amide bonds. The van der Waals surface area contributed by atoms with E-state index in [2.05, 4.69) is 10.3 Å². The van der Waals surface area contributed by atoms with E-state index in [0.717, 1.165) is 11.4 Å². The summed E-state index contributed by atoms with van der Waals surface area (Å²) in [7, 11) is 3.83. The molecule has 2 aromatic rings. The van der Waals surface area contributed by atoms with Gasteiger partial charge >= 0.3 is 0 Å². The van der Waals surface area contributed by atoms with Gasteiger partial charge in [-0.25, -0.2) is 4.98 Å². The van der Waals surface area contributed by atoms with Crippen molar-refractivity contribution in [2.45, 2.75) is 13.0 Å². The van der Waals surface area contributed by atoms with Crippen LogP contribution in [0.2, 0.25) is 0 Å². The lowest BCUT2D eigenvalue weighted by molar-refractivity contribution is 0.0939. The summed E-state index contributed by atoms with van der Waals surface area (Å²) < 4.78 is 0. The van der Waals surface area contributed by atoms with Gasteiger partial charge in [0.05, 0.1) is 11.6 Å². The molecule has 20 heavy (non-hydrogen) atoms. The first kappa shape index (κ1) is 14.1. The standard InChI is InChI=1S/C16H19N3O/c1-12(13-7-5-4-6-8-13)18-16(20)14-9-10-15(17-11-14)19(2)3/h4-12H,1-3H3,(H,18,20)/t12-/m0/s1. The van der Waals surface area contributed by atoms with E-state index >= 15 is 0 Å². The Morgan fingerprint density at radius 3 is 2.40 bits per heavy atom. The van der Waals surface area contributed by atoms with Crippen molar-refractivity contribution in [3.63, 3.8) is 0 Å². The molecule has 1 N–H and O–H groups in total. The van der Waals surface area contributed by atoms with E-state index in [0.29, 0.717) is 5.56 Å². The van der Waals surface area contributed by atoms with Crippen molar-refractivity contribution >= 4 is 11.7 Å². The number of amides is 1. The molecule has 0 saturated heterocycles. The summed E-state index contributed by atoms with van der Waals surface area (Å²) in [6.07, 6.45) is 1.60. The second-order valence-corrected chi connectivity index (χ2v) is 4.91. The van der Waals surface area contributed by atoms with Gasteiger partial charge in [0.25, 0.3) is 5.91 Å². The minimum absolute atomic E-state index is 0.0303. The maximum absolute atomic E-state index is 12.1. The number of aromatic nitrogens is 1. The molecule has 2 rings (SSSR count). The van der Waals surface area contributed by atoms with Gasteiger partial charge in [0.15, 0.2) is 0 Å². The Labute approximate surface area is 119 Å². The number of carbonyl (C=O) groups excluding carboxylic acids is 1. The molecule has 0 bridgehead atoms. The van der Waals surface area contributed by atoms with Gasteiger partial charge in [-0.2, -0.15) is 0 Å². The topological polar surface area (TPSA) is 45.2 Å². The Morgan fingerprint density at radius 1 is 1.15 bits per heavy atom. The van der Waals surface area contributed by atoms with Gasteiger partial charge in [-0.05, 0) is 24.6 Å². The molecule has 0 aliphatic heterocycles. The van der Waals surface area contributed by atoms with Crippen LogP contribution < -0.4 is 10.2 Å². The average Bonchev–Trinajstić information content (AvgIpc) is 2.48. The lowest BCUT2D eigenvalue weighted by atomic mass is 10.1. The van der Waals surface area contributed by atoms with Crippen LogP contribution in [0.15, 0.2) is 48.7 Å². The van der Waals surface area contributed by atoms with Gasteiger partial charge in [0, 0.05) is 20.3 Å². The van der Waals surface area contributed by atoms with E-state index in [-0.39, 0.29) is 11.9 Å². The molecule has 104 valence electrons. The lowest BCUT2D eigenvalue weighted by Crippen LogP contribution is -2.26. The Hall–Kier alpha value is -2.36. The fourth-order valence-electron chi connectivity index (χ4n) is 1.89. The van der Waals surface area contributed by atoms with Crippen molar-refractivity contribution < 1.29 is 4.79 Å². The van der Waals surface area contributed by atoms with Gasteiger partial charge in [-0.15, -0.1) is 0 Å². The summed E-state index contributed by atoms with van der Waals surface area (Å²) in [6, 6.07) is 13.5. The summed E-state index contributed by atoms with van der Waals surface area (Å²) in [5.74, 6) is 0.719. The Balaban J connectivity index is 2.05. The van der Waals surface area contributed by atoms with Crippen molar-refractivity contribution in [3.05, 3.63) is 59.8 Å². The molecular weight excluding hydrogens is 250 g/mol. The average molecular weight is 269 g/mol. The number of rotatable bonds is 4. The van der Waals surface area contributed by atoms with E-state index in [9.17, 15) is 4.79 Å². The highest BCUT2D eigenvalue weighted by Crippen LogP contribution is 2.13. The Bertz CT molecular complexity index is 564. The van der Waals surface area contributed by atoms with E-state index in [1.807, 2.05) is 62.3 Å². The van der Waals surface area contributed by atoms with Crippen LogP contribution in [0.4, 0.5) is 5.82 Å². The summed E-state index contributed by atoms with van der Waals surface area (Å²) in [6.45, 7) is 1.97. The smallest absolute Gasteiger partial charge is 0.253 e. The molecule has 4 nitrogen and oxygen atoms in total. The highest BCUT2D eigenvalue weighted by Gasteiger charge is 2.11. The molecule has 4 heteroatoms. The summed E-state index contributed by atoms with van der Waals surface area (Å²) in [5, 5.41) is 2.97. The van der Waals surface area contributed by atoms with E-state index < -0.39 is 0 Å². The first-order chi connectivity index (χ1) is 9.58. The molecular formula is C16H19N3O. The Morgan fingerprint density at radius 2 is 1.85 bits per heavy atom. The van der Waals surface area contributed by atoms with Gasteiger partial charge in [-0.3, -0.25) is 4.79 Å². The zero-order chi connectivity index (χ0) is 14.5. The SMILES string of the molecule is C[C@H](NC(=O)c1ccc(N(C)C)nc1)c1ccccc1. The number of benzene rings is 1. The molecule has 0 fully saturated rings. The predicted molar refractivity (Wildman–Crippen MR) is 80.9 cm³/mol. The van der Waals surface area contributed by atoms with Crippen molar-refractivity contribution in [1.82, 2.24) is 10.3 Å². The molecule has 1 aromatic carbocycles. The van der Waals surface area contributed by atoms with Crippen LogP contribution in [0.5, 0.6) is 0 Å². The summed E-state index contributed by atoms with van der Waals surface area (Å²) in [5.41, 5.74) is 1.65. The van der Waals surface area contributed by atoms with Crippen LogP contribution in [0.3, 0.4) is 0 Å². The zero-order valence-corrected chi connectivity index (χ0v) is 12.0. The lowest BCUT2D eigenvalue weighted by Gasteiger charge is -2.15. The van der Waals surface area contributed by atoms with Crippen LogP contribution in [0, 0.1) is 0 Å². The second-order valence-electron chi connectivity index (χ2n) is 4.91. The predicted octanol–water partition coefficient (Wildman–Crippen LogP) is 2.64. The first-order valence-corrected chi connectivity index (χ1v) is 6.57. The van der Waals surface area contributed by atoms with Crippen LogP contribution in [0.1, 0.15) is 28.9 Å². The number of nitrogens with one attached hydrogen (secondary N) is 1. The monoisotopic (exact) mass is 269 g/mol. The normalized spacial score (nSPS) is 11.8. The minimum atomic E-state index is -0.112. The number of hydrogen-bond donors (Lipinski definition) is 1. The molecule has 0 radical (unpaired) electrons. The largest absolute Gasteiger partial charge is 0.363 e. The van der Waals surface area contributed by atoms with Crippen LogP contribution in [-0.2, 0) is 0 Å². The second kappa shape index (κ2) is 6.19. The summed E-state index contributed by atoms with van der Waals surface area (Å²) >= 11 is 0.